The Morgan fingerprint density at radius 2 is 1.74 bits per heavy atom. The highest BCUT2D eigenvalue weighted by molar-refractivity contribution is 7.13. The summed E-state index contributed by atoms with van der Waals surface area (Å²) in [5.74, 6) is -0.895. The van der Waals surface area contributed by atoms with Crippen molar-refractivity contribution in [2.24, 2.45) is 0 Å². The Balaban J connectivity index is 1.22. The van der Waals surface area contributed by atoms with E-state index in [4.69, 9.17) is 4.74 Å². The van der Waals surface area contributed by atoms with E-state index in [0.717, 1.165) is 24.8 Å². The van der Waals surface area contributed by atoms with Gasteiger partial charge >= 0.3 is 5.97 Å². The van der Waals surface area contributed by atoms with Gasteiger partial charge in [-0.05, 0) is 24.0 Å². The normalized spacial score (nSPS) is 14.3. The van der Waals surface area contributed by atoms with E-state index in [2.05, 4.69) is 27.8 Å². The highest BCUT2D eigenvalue weighted by Crippen LogP contribution is 2.43. The Labute approximate surface area is 185 Å². The highest BCUT2D eigenvalue weighted by atomic mass is 32.1. The Bertz CT molecular complexity index is 1020. The molecule has 0 aliphatic heterocycles. The van der Waals surface area contributed by atoms with Crippen molar-refractivity contribution < 1.29 is 14.3 Å². The van der Waals surface area contributed by atoms with Crippen molar-refractivity contribution in [2.45, 2.75) is 31.2 Å². The summed E-state index contributed by atoms with van der Waals surface area (Å²) in [6.45, 7) is 0.861. The second-order valence-electron chi connectivity index (χ2n) is 7.73. The molecule has 1 aromatic heterocycles. The number of carbonyl (C=O) groups is 2. The fourth-order valence-corrected chi connectivity index (χ4v) is 4.39. The van der Waals surface area contributed by atoms with Crippen molar-refractivity contribution in [1.29, 1.82) is 0 Å². The van der Waals surface area contributed by atoms with Gasteiger partial charge in [-0.3, -0.25) is 4.79 Å². The van der Waals surface area contributed by atoms with Crippen LogP contribution in [0.2, 0.25) is 0 Å². The number of nitrogens with one attached hydrogen (secondary N) is 2. The molecule has 7 heteroatoms. The number of aromatic nitrogens is 1. The van der Waals surface area contributed by atoms with Crippen LogP contribution in [0, 0.1) is 0 Å². The SMILES string of the molecule is O=C(COC(=O)c1csc(NCc2ccccc2)n1)NCC1(c2ccccc2)CCC1. The minimum Gasteiger partial charge on any atom is -0.451 e. The Morgan fingerprint density at radius 3 is 2.42 bits per heavy atom. The Hall–Kier alpha value is -3.19. The average molecular weight is 436 g/mol. The van der Waals surface area contributed by atoms with E-state index < -0.39 is 5.97 Å². The summed E-state index contributed by atoms with van der Waals surface area (Å²) in [7, 11) is 0. The lowest BCUT2D eigenvalue weighted by Gasteiger charge is -2.42. The van der Waals surface area contributed by atoms with Crippen molar-refractivity contribution in [3.05, 3.63) is 82.9 Å². The van der Waals surface area contributed by atoms with Crippen LogP contribution in [0.4, 0.5) is 5.13 Å². The van der Waals surface area contributed by atoms with Crippen LogP contribution in [0.25, 0.3) is 0 Å². The summed E-state index contributed by atoms with van der Waals surface area (Å²) in [5, 5.41) is 8.38. The number of hydrogen-bond donors (Lipinski definition) is 2. The number of hydrogen-bond acceptors (Lipinski definition) is 6. The number of esters is 1. The first-order chi connectivity index (χ1) is 15.1. The topological polar surface area (TPSA) is 80.3 Å². The first-order valence-electron chi connectivity index (χ1n) is 10.4. The molecular weight excluding hydrogens is 410 g/mol. The number of rotatable bonds is 9. The van der Waals surface area contributed by atoms with Gasteiger partial charge in [-0.25, -0.2) is 9.78 Å². The number of anilines is 1. The van der Waals surface area contributed by atoms with Gasteiger partial charge in [0.05, 0.1) is 0 Å². The molecular formula is C24H25N3O3S. The molecule has 1 heterocycles. The van der Waals surface area contributed by atoms with Gasteiger partial charge in [-0.15, -0.1) is 11.3 Å². The molecule has 6 nitrogen and oxygen atoms in total. The van der Waals surface area contributed by atoms with E-state index >= 15 is 0 Å². The molecule has 31 heavy (non-hydrogen) atoms. The lowest BCUT2D eigenvalue weighted by Crippen LogP contribution is -2.46. The molecule has 0 bridgehead atoms. The van der Waals surface area contributed by atoms with Crippen LogP contribution < -0.4 is 10.6 Å². The summed E-state index contributed by atoms with van der Waals surface area (Å²) in [5.41, 5.74) is 2.57. The van der Waals surface area contributed by atoms with Crippen LogP contribution >= 0.6 is 11.3 Å². The third-order valence-electron chi connectivity index (χ3n) is 5.66. The van der Waals surface area contributed by atoms with Crippen LogP contribution in [-0.2, 0) is 21.5 Å². The summed E-state index contributed by atoms with van der Waals surface area (Å²) in [6, 6.07) is 20.2. The first-order valence-corrected chi connectivity index (χ1v) is 11.3. The molecule has 160 valence electrons. The second-order valence-corrected chi connectivity index (χ2v) is 8.59. The molecule has 2 N–H and O–H groups in total. The largest absolute Gasteiger partial charge is 0.451 e. The molecule has 1 aliphatic rings. The van der Waals surface area contributed by atoms with E-state index in [1.54, 1.807) is 5.38 Å². The first kappa shape index (κ1) is 21.1. The van der Waals surface area contributed by atoms with E-state index in [1.165, 1.54) is 16.9 Å². The molecule has 0 saturated heterocycles. The standard InChI is InChI=1S/C24H25N3O3S/c28-21(26-17-24(12-7-13-24)19-10-5-2-6-11-19)15-30-22(29)20-16-31-23(27-20)25-14-18-8-3-1-4-9-18/h1-6,8-11,16H,7,12-15,17H2,(H,25,27)(H,26,28). The molecule has 0 spiro atoms. The predicted octanol–water partition coefficient (Wildman–Crippen LogP) is 4.15. The molecule has 0 atom stereocenters. The lowest BCUT2D eigenvalue weighted by atomic mass is 9.64. The van der Waals surface area contributed by atoms with Crippen molar-refractivity contribution in [2.75, 3.05) is 18.5 Å². The van der Waals surface area contributed by atoms with Crippen LogP contribution in [0.3, 0.4) is 0 Å². The molecule has 4 rings (SSSR count). The molecule has 1 fully saturated rings. The van der Waals surface area contributed by atoms with Gasteiger partial charge in [0, 0.05) is 23.9 Å². The number of benzene rings is 2. The van der Waals surface area contributed by atoms with Gasteiger partial charge in [0.25, 0.3) is 5.91 Å². The van der Waals surface area contributed by atoms with Gasteiger partial charge < -0.3 is 15.4 Å². The molecule has 2 aromatic carbocycles. The van der Waals surface area contributed by atoms with Crippen LogP contribution in [0.1, 0.15) is 40.9 Å². The van der Waals surface area contributed by atoms with Gasteiger partial charge in [0.15, 0.2) is 17.4 Å². The maximum atomic E-state index is 12.2. The van der Waals surface area contributed by atoms with Crippen LogP contribution in [0.5, 0.6) is 0 Å². The third-order valence-corrected chi connectivity index (χ3v) is 6.46. The molecule has 0 unspecified atom stereocenters. The zero-order valence-electron chi connectivity index (χ0n) is 17.2. The van der Waals surface area contributed by atoms with Gasteiger partial charge in [-0.1, -0.05) is 67.1 Å². The third kappa shape index (κ3) is 5.30. The van der Waals surface area contributed by atoms with Crippen molar-refractivity contribution in [1.82, 2.24) is 10.3 Å². The van der Waals surface area contributed by atoms with E-state index in [-0.39, 0.29) is 23.6 Å². The quantitative estimate of drug-likeness (QED) is 0.494. The summed E-state index contributed by atoms with van der Waals surface area (Å²) < 4.78 is 5.15. The highest BCUT2D eigenvalue weighted by Gasteiger charge is 2.38. The number of nitrogens with zero attached hydrogens (tertiary/aromatic N) is 1. The molecule has 1 aliphatic carbocycles. The number of amides is 1. The van der Waals surface area contributed by atoms with Gasteiger partial charge in [-0.2, -0.15) is 0 Å². The number of ether oxygens (including phenoxy) is 1. The van der Waals surface area contributed by atoms with Crippen molar-refractivity contribution in [3.8, 4) is 0 Å². The smallest absolute Gasteiger partial charge is 0.358 e. The summed E-state index contributed by atoms with van der Waals surface area (Å²) >= 11 is 1.33. The maximum Gasteiger partial charge on any atom is 0.358 e. The van der Waals surface area contributed by atoms with Crippen LogP contribution in [0.15, 0.2) is 66.0 Å². The fourth-order valence-electron chi connectivity index (χ4n) is 3.71. The van der Waals surface area contributed by atoms with Crippen LogP contribution in [-0.4, -0.2) is 30.0 Å². The van der Waals surface area contributed by atoms with Gasteiger partial charge in [0.1, 0.15) is 0 Å². The summed E-state index contributed by atoms with van der Waals surface area (Å²) in [6.07, 6.45) is 3.26. The minimum atomic E-state index is -0.597. The lowest BCUT2D eigenvalue weighted by molar-refractivity contribution is -0.124. The Kier molecular flexibility index (Phi) is 6.62. The van der Waals surface area contributed by atoms with E-state index in [1.807, 2.05) is 48.5 Å². The fraction of sp³-hybridized carbons (Fsp3) is 0.292. The van der Waals surface area contributed by atoms with Gasteiger partial charge in [0.2, 0.25) is 0 Å². The van der Waals surface area contributed by atoms with Crippen molar-refractivity contribution in [3.63, 3.8) is 0 Å². The minimum absolute atomic E-state index is 0.00480. The monoisotopic (exact) mass is 435 g/mol. The average Bonchev–Trinajstić information content (AvgIpc) is 3.26. The number of carbonyl (C=O) groups excluding carboxylic acids is 2. The maximum absolute atomic E-state index is 12.2. The summed E-state index contributed by atoms with van der Waals surface area (Å²) in [4.78, 5) is 28.7. The van der Waals surface area contributed by atoms with E-state index in [0.29, 0.717) is 18.2 Å². The number of thiazole rings is 1. The predicted molar refractivity (Wildman–Crippen MR) is 121 cm³/mol. The molecule has 1 saturated carbocycles. The Morgan fingerprint density at radius 1 is 1.03 bits per heavy atom. The van der Waals surface area contributed by atoms with Crippen molar-refractivity contribution >= 4 is 28.3 Å². The molecule has 0 radical (unpaired) electrons. The zero-order valence-corrected chi connectivity index (χ0v) is 18.0. The van der Waals surface area contributed by atoms with E-state index in [9.17, 15) is 9.59 Å². The second kappa shape index (κ2) is 9.75. The zero-order chi connectivity index (χ0) is 21.5. The molecule has 3 aromatic rings. The molecule has 1 amide bonds.